The monoisotopic (exact) mass is 416 g/mol. The van der Waals surface area contributed by atoms with Crippen LogP contribution < -0.4 is 5.32 Å². The fraction of sp³-hybridized carbons (Fsp3) is 0.455. The molecule has 1 aliphatic heterocycles. The van der Waals surface area contributed by atoms with Gasteiger partial charge in [0, 0.05) is 43.0 Å². The molecule has 1 aromatic heterocycles. The van der Waals surface area contributed by atoms with Crippen molar-refractivity contribution >= 4 is 5.91 Å². The minimum absolute atomic E-state index is 0.0646. The van der Waals surface area contributed by atoms with Gasteiger partial charge in [-0.05, 0) is 37.0 Å². The maximum atomic E-state index is 13.4. The van der Waals surface area contributed by atoms with E-state index < -0.39 is 11.6 Å². The van der Waals surface area contributed by atoms with Gasteiger partial charge in [0.25, 0.3) is 5.91 Å². The number of rotatable bonds is 6. The Kier molecular flexibility index (Phi) is 6.24. The predicted octanol–water partition coefficient (Wildman–Crippen LogP) is 2.47. The molecule has 1 N–H and O–H groups in total. The lowest BCUT2D eigenvalue weighted by atomic mass is 9.90. The number of hydrogen-bond donors (Lipinski definition) is 1. The van der Waals surface area contributed by atoms with E-state index in [1.54, 1.807) is 11.0 Å². The second-order valence-corrected chi connectivity index (χ2v) is 7.75. The van der Waals surface area contributed by atoms with E-state index in [4.69, 9.17) is 4.74 Å². The van der Waals surface area contributed by atoms with E-state index in [9.17, 15) is 13.6 Å². The van der Waals surface area contributed by atoms with Crippen LogP contribution in [0.3, 0.4) is 0 Å². The normalized spacial score (nSPS) is 18.9. The third-order valence-electron chi connectivity index (χ3n) is 5.67. The molecular weight excluding hydrogens is 390 g/mol. The standard InChI is InChI=1S/C22H26F2N4O2/c1-2-5-28-20-4-3-18(25-14-15-10-16(23)12-17(24)11-15)13-19(20)21(26-28)22(29)27-6-8-30-9-7-27/h2,10-12,18,25H,1,3-9,13-14H2. The lowest BCUT2D eigenvalue weighted by Crippen LogP contribution is -2.41. The van der Waals surface area contributed by atoms with Crippen LogP contribution in [0.25, 0.3) is 0 Å². The molecule has 1 aliphatic carbocycles. The molecule has 8 heteroatoms. The largest absolute Gasteiger partial charge is 0.378 e. The summed E-state index contributed by atoms with van der Waals surface area (Å²) in [5.74, 6) is -1.23. The highest BCUT2D eigenvalue weighted by atomic mass is 19.1. The second-order valence-electron chi connectivity index (χ2n) is 7.75. The molecular formula is C22H26F2N4O2. The number of nitrogens with one attached hydrogen (secondary N) is 1. The molecule has 1 atom stereocenters. The molecule has 2 aromatic rings. The Labute approximate surface area is 174 Å². The first-order valence-electron chi connectivity index (χ1n) is 10.3. The van der Waals surface area contributed by atoms with E-state index in [-0.39, 0.29) is 11.9 Å². The van der Waals surface area contributed by atoms with Crippen LogP contribution in [0.2, 0.25) is 0 Å². The number of nitrogens with zero attached hydrogens (tertiary/aromatic N) is 3. The van der Waals surface area contributed by atoms with Gasteiger partial charge in [0.2, 0.25) is 0 Å². The first-order valence-corrected chi connectivity index (χ1v) is 10.3. The lowest BCUT2D eigenvalue weighted by molar-refractivity contribution is 0.0297. The number of aromatic nitrogens is 2. The summed E-state index contributed by atoms with van der Waals surface area (Å²) >= 11 is 0. The van der Waals surface area contributed by atoms with Gasteiger partial charge < -0.3 is 15.0 Å². The molecule has 1 aromatic carbocycles. The summed E-state index contributed by atoms with van der Waals surface area (Å²) < 4.78 is 34.1. The molecule has 6 nitrogen and oxygen atoms in total. The van der Waals surface area contributed by atoms with Crippen LogP contribution in [-0.2, 0) is 30.7 Å². The Morgan fingerprint density at radius 3 is 2.70 bits per heavy atom. The van der Waals surface area contributed by atoms with Crippen LogP contribution in [0.1, 0.15) is 33.7 Å². The molecule has 4 rings (SSSR count). The molecule has 0 saturated carbocycles. The van der Waals surface area contributed by atoms with E-state index in [1.807, 2.05) is 4.68 Å². The third-order valence-corrected chi connectivity index (χ3v) is 5.67. The second kappa shape index (κ2) is 9.06. The minimum atomic E-state index is -0.582. The summed E-state index contributed by atoms with van der Waals surface area (Å²) in [7, 11) is 0. The molecule has 160 valence electrons. The van der Waals surface area contributed by atoms with Crippen molar-refractivity contribution in [1.82, 2.24) is 20.0 Å². The predicted molar refractivity (Wildman–Crippen MR) is 108 cm³/mol. The average Bonchev–Trinajstić information content (AvgIpc) is 3.10. The van der Waals surface area contributed by atoms with Crippen LogP contribution in [0.5, 0.6) is 0 Å². The van der Waals surface area contributed by atoms with Crippen LogP contribution in [0.15, 0.2) is 30.9 Å². The molecule has 30 heavy (non-hydrogen) atoms. The quantitative estimate of drug-likeness (QED) is 0.735. The molecule has 1 saturated heterocycles. The molecule has 1 unspecified atom stereocenters. The highest BCUT2D eigenvalue weighted by Crippen LogP contribution is 2.26. The number of carbonyl (C=O) groups is 1. The van der Waals surface area contributed by atoms with Gasteiger partial charge in [-0.2, -0.15) is 5.10 Å². The summed E-state index contributed by atoms with van der Waals surface area (Å²) in [6.45, 7) is 6.92. The Hall–Kier alpha value is -2.58. The van der Waals surface area contributed by atoms with Gasteiger partial charge in [-0.25, -0.2) is 8.78 Å². The van der Waals surface area contributed by atoms with Gasteiger partial charge >= 0.3 is 0 Å². The number of amides is 1. The van der Waals surface area contributed by atoms with Crippen LogP contribution in [0, 0.1) is 11.6 Å². The fourth-order valence-corrected chi connectivity index (χ4v) is 4.20. The van der Waals surface area contributed by atoms with Gasteiger partial charge in [-0.15, -0.1) is 6.58 Å². The Morgan fingerprint density at radius 2 is 2.00 bits per heavy atom. The number of carbonyl (C=O) groups excluding carboxylic acids is 1. The third kappa shape index (κ3) is 4.44. The maximum Gasteiger partial charge on any atom is 0.274 e. The average molecular weight is 416 g/mol. The van der Waals surface area contributed by atoms with Crippen molar-refractivity contribution < 1.29 is 18.3 Å². The van der Waals surface area contributed by atoms with Gasteiger partial charge in [0.05, 0.1) is 19.8 Å². The maximum absolute atomic E-state index is 13.4. The van der Waals surface area contributed by atoms with Gasteiger partial charge in [-0.1, -0.05) is 6.08 Å². The zero-order chi connectivity index (χ0) is 21.1. The molecule has 2 heterocycles. The van der Waals surface area contributed by atoms with Gasteiger partial charge in [0.1, 0.15) is 11.6 Å². The topological polar surface area (TPSA) is 59.4 Å². The number of allylic oxidation sites excluding steroid dienone is 1. The molecule has 0 spiro atoms. The van der Waals surface area contributed by atoms with Gasteiger partial charge in [-0.3, -0.25) is 9.48 Å². The molecule has 1 amide bonds. The minimum Gasteiger partial charge on any atom is -0.378 e. The van der Waals surface area contributed by atoms with Gasteiger partial charge in [0.15, 0.2) is 5.69 Å². The lowest BCUT2D eigenvalue weighted by Gasteiger charge is -2.28. The van der Waals surface area contributed by atoms with Crippen LogP contribution in [-0.4, -0.2) is 52.9 Å². The van der Waals surface area contributed by atoms with E-state index in [2.05, 4.69) is 17.0 Å². The van der Waals surface area contributed by atoms with E-state index in [1.165, 1.54) is 12.1 Å². The Morgan fingerprint density at radius 1 is 1.27 bits per heavy atom. The number of ether oxygens (including phenoxy) is 1. The molecule has 0 bridgehead atoms. The molecule has 2 aliphatic rings. The number of benzene rings is 1. The highest BCUT2D eigenvalue weighted by Gasteiger charge is 2.31. The molecule has 1 fully saturated rings. The number of halogens is 2. The number of fused-ring (bicyclic) bond motifs is 1. The zero-order valence-electron chi connectivity index (χ0n) is 16.9. The van der Waals surface area contributed by atoms with Crippen LogP contribution >= 0.6 is 0 Å². The highest BCUT2D eigenvalue weighted by molar-refractivity contribution is 5.94. The van der Waals surface area contributed by atoms with E-state index >= 15 is 0 Å². The Bertz CT molecular complexity index is 917. The zero-order valence-corrected chi connectivity index (χ0v) is 16.9. The first kappa shape index (κ1) is 20.7. The first-order chi connectivity index (χ1) is 14.5. The number of morpholine rings is 1. The smallest absolute Gasteiger partial charge is 0.274 e. The number of hydrogen-bond acceptors (Lipinski definition) is 4. The summed E-state index contributed by atoms with van der Waals surface area (Å²) in [4.78, 5) is 14.9. The van der Waals surface area contributed by atoms with Crippen molar-refractivity contribution in [1.29, 1.82) is 0 Å². The summed E-state index contributed by atoms with van der Waals surface area (Å²) in [6.07, 6.45) is 4.06. The fourth-order valence-electron chi connectivity index (χ4n) is 4.20. The van der Waals surface area contributed by atoms with Crippen molar-refractivity contribution in [3.05, 3.63) is 65.0 Å². The van der Waals surface area contributed by atoms with E-state index in [0.29, 0.717) is 57.1 Å². The van der Waals surface area contributed by atoms with Crippen LogP contribution in [0.4, 0.5) is 8.78 Å². The van der Waals surface area contributed by atoms with Crippen molar-refractivity contribution in [2.24, 2.45) is 0 Å². The van der Waals surface area contributed by atoms with Crippen molar-refractivity contribution in [2.45, 2.75) is 38.4 Å². The van der Waals surface area contributed by atoms with Crippen molar-refractivity contribution in [2.75, 3.05) is 26.3 Å². The summed E-state index contributed by atoms with van der Waals surface area (Å²) in [5.41, 5.74) is 3.09. The van der Waals surface area contributed by atoms with Crippen molar-refractivity contribution in [3.8, 4) is 0 Å². The SMILES string of the molecule is C=CCn1nc(C(=O)N2CCOCC2)c2c1CCC(NCc1cc(F)cc(F)c1)C2. The molecule has 0 radical (unpaired) electrons. The van der Waals surface area contributed by atoms with E-state index in [0.717, 1.165) is 30.2 Å². The summed E-state index contributed by atoms with van der Waals surface area (Å²) in [5, 5.41) is 8.00. The summed E-state index contributed by atoms with van der Waals surface area (Å²) in [6, 6.07) is 3.63. The van der Waals surface area contributed by atoms with Crippen molar-refractivity contribution in [3.63, 3.8) is 0 Å². The Balaban J connectivity index is 1.52.